The summed E-state index contributed by atoms with van der Waals surface area (Å²) in [4.78, 5) is 33.0. The number of aromatic nitrogens is 2. The standard InChI is InChI=1S/C13H14N4O.C11H19NO/c1-8-3-5-10(7-15-8)17-13-11(12(14)18)6-4-9(2)16-13;1-3-11(13)12-8-5-4-6-10(2)7-9-12/h3-7H,1-2H3,(H2,14,18)(H,16,17);3,10H,1,4-9H2,2H3. The smallest absolute Gasteiger partial charge is 0.252 e. The molecule has 0 aromatic carbocycles. The molecule has 0 saturated carbocycles. The first-order valence-corrected chi connectivity index (χ1v) is 10.7. The molecule has 7 heteroatoms. The molecule has 7 nitrogen and oxygen atoms in total. The fraction of sp³-hybridized carbons (Fsp3) is 0.417. The molecule has 0 bridgehead atoms. The fourth-order valence-corrected chi connectivity index (χ4v) is 3.31. The van der Waals surface area contributed by atoms with Crippen molar-refractivity contribution in [2.45, 2.75) is 46.5 Å². The van der Waals surface area contributed by atoms with Gasteiger partial charge in [-0.1, -0.05) is 26.3 Å². The van der Waals surface area contributed by atoms with Crippen molar-refractivity contribution in [1.29, 1.82) is 0 Å². The lowest BCUT2D eigenvalue weighted by Gasteiger charge is -2.26. The number of primary amides is 1. The van der Waals surface area contributed by atoms with Gasteiger partial charge in [0.05, 0.1) is 17.4 Å². The minimum absolute atomic E-state index is 0.0918. The van der Waals surface area contributed by atoms with Crippen LogP contribution >= 0.6 is 0 Å². The van der Waals surface area contributed by atoms with E-state index in [2.05, 4.69) is 28.8 Å². The van der Waals surface area contributed by atoms with Crippen LogP contribution in [0.1, 0.15) is 54.4 Å². The molecule has 0 aliphatic carbocycles. The van der Waals surface area contributed by atoms with Gasteiger partial charge in [0.2, 0.25) is 5.91 Å². The van der Waals surface area contributed by atoms with Crippen LogP contribution in [0.5, 0.6) is 0 Å². The zero-order chi connectivity index (χ0) is 22.8. The number of aryl methyl sites for hydroxylation is 2. The molecule has 0 spiro atoms. The maximum atomic E-state index is 11.3. The van der Waals surface area contributed by atoms with Crippen molar-refractivity contribution >= 4 is 23.3 Å². The van der Waals surface area contributed by atoms with Gasteiger partial charge in [0.1, 0.15) is 5.82 Å². The van der Waals surface area contributed by atoms with Gasteiger partial charge < -0.3 is 16.0 Å². The van der Waals surface area contributed by atoms with Crippen LogP contribution < -0.4 is 11.1 Å². The van der Waals surface area contributed by atoms with E-state index in [1.807, 2.05) is 30.9 Å². The number of carbonyl (C=O) groups excluding carboxylic acids is 2. The number of anilines is 2. The second-order valence-electron chi connectivity index (χ2n) is 7.95. The summed E-state index contributed by atoms with van der Waals surface area (Å²) >= 11 is 0. The Bertz CT molecular complexity index is 895. The zero-order valence-corrected chi connectivity index (χ0v) is 18.7. The number of hydrogen-bond acceptors (Lipinski definition) is 5. The largest absolute Gasteiger partial charge is 0.365 e. The van der Waals surface area contributed by atoms with E-state index in [0.29, 0.717) is 11.4 Å². The summed E-state index contributed by atoms with van der Waals surface area (Å²) in [6, 6.07) is 7.16. The normalized spacial score (nSPS) is 16.2. The van der Waals surface area contributed by atoms with E-state index in [1.165, 1.54) is 18.9 Å². The van der Waals surface area contributed by atoms with E-state index >= 15 is 0 Å². The third-order valence-electron chi connectivity index (χ3n) is 5.23. The van der Waals surface area contributed by atoms with E-state index in [-0.39, 0.29) is 5.91 Å². The van der Waals surface area contributed by atoms with Crippen molar-refractivity contribution in [3.63, 3.8) is 0 Å². The average molecular weight is 424 g/mol. The number of hydrogen-bond donors (Lipinski definition) is 2. The fourth-order valence-electron chi connectivity index (χ4n) is 3.31. The van der Waals surface area contributed by atoms with Crippen LogP contribution in [-0.4, -0.2) is 39.8 Å². The molecule has 166 valence electrons. The van der Waals surface area contributed by atoms with Gasteiger partial charge in [0.15, 0.2) is 0 Å². The highest BCUT2D eigenvalue weighted by atomic mass is 16.2. The van der Waals surface area contributed by atoms with Crippen LogP contribution in [-0.2, 0) is 4.79 Å². The molecule has 0 radical (unpaired) electrons. The molecular weight excluding hydrogens is 390 g/mol. The van der Waals surface area contributed by atoms with Crippen LogP contribution in [0, 0.1) is 19.8 Å². The van der Waals surface area contributed by atoms with Crippen molar-refractivity contribution in [3.05, 3.63) is 60.1 Å². The predicted molar refractivity (Wildman–Crippen MR) is 124 cm³/mol. The molecule has 1 fully saturated rings. The molecule has 3 rings (SSSR count). The van der Waals surface area contributed by atoms with E-state index in [1.54, 1.807) is 18.3 Å². The lowest BCUT2D eigenvalue weighted by atomic mass is 9.98. The van der Waals surface area contributed by atoms with Crippen molar-refractivity contribution in [2.24, 2.45) is 11.7 Å². The lowest BCUT2D eigenvalue weighted by molar-refractivity contribution is -0.126. The molecule has 1 aliphatic rings. The Hall–Kier alpha value is -3.22. The summed E-state index contributed by atoms with van der Waals surface area (Å²) < 4.78 is 0. The Labute approximate surface area is 184 Å². The summed E-state index contributed by atoms with van der Waals surface area (Å²) in [6.07, 6.45) is 7.96. The third kappa shape index (κ3) is 7.85. The van der Waals surface area contributed by atoms with Crippen LogP contribution in [0.3, 0.4) is 0 Å². The highest BCUT2D eigenvalue weighted by Crippen LogP contribution is 2.19. The maximum Gasteiger partial charge on any atom is 0.252 e. The molecule has 1 unspecified atom stereocenters. The first-order chi connectivity index (χ1) is 14.8. The molecule has 2 amide bonds. The highest BCUT2D eigenvalue weighted by molar-refractivity contribution is 5.98. The summed E-state index contributed by atoms with van der Waals surface area (Å²) in [5, 5.41) is 3.05. The van der Waals surface area contributed by atoms with E-state index < -0.39 is 5.91 Å². The third-order valence-corrected chi connectivity index (χ3v) is 5.23. The molecule has 1 atom stereocenters. The Kier molecular flexibility index (Phi) is 9.18. The van der Waals surface area contributed by atoms with Crippen LogP contribution in [0.25, 0.3) is 0 Å². The molecule has 2 aromatic rings. The van der Waals surface area contributed by atoms with Gasteiger partial charge >= 0.3 is 0 Å². The predicted octanol–water partition coefficient (Wildman–Crippen LogP) is 4.15. The van der Waals surface area contributed by atoms with Crippen molar-refractivity contribution in [2.75, 3.05) is 18.4 Å². The minimum atomic E-state index is -0.509. The second kappa shape index (κ2) is 11.8. The topological polar surface area (TPSA) is 101 Å². The van der Waals surface area contributed by atoms with Gasteiger partial charge in [-0.2, -0.15) is 0 Å². The van der Waals surface area contributed by atoms with Gasteiger partial charge in [-0.15, -0.1) is 0 Å². The number of nitrogens with one attached hydrogen (secondary N) is 1. The molecule has 1 saturated heterocycles. The number of carbonyl (C=O) groups is 2. The van der Waals surface area contributed by atoms with Crippen molar-refractivity contribution in [3.8, 4) is 0 Å². The van der Waals surface area contributed by atoms with Crippen molar-refractivity contribution < 1.29 is 9.59 Å². The average Bonchev–Trinajstić information content (AvgIpc) is 2.72. The molecule has 1 aliphatic heterocycles. The maximum absolute atomic E-state index is 11.3. The number of rotatable bonds is 4. The van der Waals surface area contributed by atoms with Crippen LogP contribution in [0.15, 0.2) is 43.1 Å². The van der Waals surface area contributed by atoms with Gasteiger partial charge in [-0.05, 0) is 62.9 Å². The van der Waals surface area contributed by atoms with Gasteiger partial charge in [-0.25, -0.2) is 4.98 Å². The second-order valence-corrected chi connectivity index (χ2v) is 7.95. The van der Waals surface area contributed by atoms with Crippen molar-refractivity contribution in [1.82, 2.24) is 14.9 Å². The Morgan fingerprint density at radius 1 is 1.13 bits per heavy atom. The molecular formula is C24H33N5O2. The quantitative estimate of drug-likeness (QED) is 0.720. The number of amides is 2. The molecule has 3 N–H and O–H groups in total. The summed E-state index contributed by atoms with van der Waals surface area (Å²) in [7, 11) is 0. The summed E-state index contributed by atoms with van der Waals surface area (Å²) in [5.74, 6) is 0.799. The SMILES string of the molecule is C=CC(=O)N1CCCCC(C)CC1.Cc1ccc(Nc2nc(C)ccc2C(N)=O)cn1. The number of nitrogens with zero attached hydrogens (tertiary/aromatic N) is 3. The van der Waals surface area contributed by atoms with Crippen LogP contribution in [0.4, 0.5) is 11.5 Å². The first-order valence-electron chi connectivity index (χ1n) is 10.7. The lowest BCUT2D eigenvalue weighted by Crippen LogP contribution is -2.33. The Morgan fingerprint density at radius 2 is 1.87 bits per heavy atom. The van der Waals surface area contributed by atoms with E-state index in [4.69, 9.17) is 5.73 Å². The van der Waals surface area contributed by atoms with Crippen LogP contribution in [0.2, 0.25) is 0 Å². The minimum Gasteiger partial charge on any atom is -0.365 e. The number of nitrogens with two attached hydrogens (primary N) is 1. The zero-order valence-electron chi connectivity index (χ0n) is 18.7. The highest BCUT2D eigenvalue weighted by Gasteiger charge is 2.14. The molecule has 31 heavy (non-hydrogen) atoms. The Morgan fingerprint density at radius 3 is 2.52 bits per heavy atom. The Balaban J connectivity index is 0.000000233. The van der Waals surface area contributed by atoms with Gasteiger partial charge in [0.25, 0.3) is 5.91 Å². The summed E-state index contributed by atoms with van der Waals surface area (Å²) in [6.45, 7) is 11.4. The van der Waals surface area contributed by atoms with Gasteiger partial charge in [-0.3, -0.25) is 14.6 Å². The first kappa shape index (κ1) is 24.1. The molecule has 3 heterocycles. The number of likely N-dealkylation sites (tertiary alicyclic amines) is 1. The van der Waals surface area contributed by atoms with Gasteiger partial charge in [0, 0.05) is 24.5 Å². The molecule has 2 aromatic heterocycles. The monoisotopic (exact) mass is 423 g/mol. The van der Waals surface area contributed by atoms with E-state index in [9.17, 15) is 9.59 Å². The summed E-state index contributed by atoms with van der Waals surface area (Å²) in [5.41, 5.74) is 8.17. The van der Waals surface area contributed by atoms with E-state index in [0.717, 1.165) is 48.9 Å². The number of pyridine rings is 2.